The van der Waals surface area contributed by atoms with Crippen LogP contribution in [-0.2, 0) is 0 Å². The van der Waals surface area contributed by atoms with Crippen LogP contribution in [0.4, 0.5) is 17.3 Å². The number of hydrogen-bond donors (Lipinski definition) is 2. The fourth-order valence-corrected chi connectivity index (χ4v) is 1.58. The van der Waals surface area contributed by atoms with Gasteiger partial charge in [-0.2, -0.15) is 0 Å². The van der Waals surface area contributed by atoms with E-state index in [1.165, 1.54) is 0 Å². The molecule has 17 heavy (non-hydrogen) atoms. The van der Waals surface area contributed by atoms with Gasteiger partial charge in [0, 0.05) is 19.6 Å². The van der Waals surface area contributed by atoms with E-state index < -0.39 is 0 Å². The molecule has 1 aromatic rings. The molecular formula is C12H23N5. The van der Waals surface area contributed by atoms with Gasteiger partial charge < -0.3 is 16.0 Å². The van der Waals surface area contributed by atoms with E-state index in [1.807, 2.05) is 7.05 Å². The van der Waals surface area contributed by atoms with E-state index in [1.54, 1.807) is 6.33 Å². The van der Waals surface area contributed by atoms with Gasteiger partial charge >= 0.3 is 0 Å². The van der Waals surface area contributed by atoms with E-state index in [2.05, 4.69) is 41.0 Å². The molecular weight excluding hydrogens is 214 g/mol. The molecule has 5 heteroatoms. The highest BCUT2D eigenvalue weighted by Crippen LogP contribution is 2.25. The zero-order valence-electron chi connectivity index (χ0n) is 11.2. The van der Waals surface area contributed by atoms with Crippen molar-refractivity contribution >= 4 is 17.3 Å². The smallest absolute Gasteiger partial charge is 0.157 e. The van der Waals surface area contributed by atoms with E-state index in [4.69, 9.17) is 5.73 Å². The zero-order valence-corrected chi connectivity index (χ0v) is 11.2. The summed E-state index contributed by atoms with van der Waals surface area (Å²) in [6.45, 7) is 7.24. The van der Waals surface area contributed by atoms with Gasteiger partial charge in [-0.25, -0.2) is 9.97 Å². The van der Waals surface area contributed by atoms with Crippen LogP contribution in [0, 0.1) is 0 Å². The Labute approximate surface area is 103 Å². The summed E-state index contributed by atoms with van der Waals surface area (Å²) >= 11 is 0. The number of hydrogen-bond acceptors (Lipinski definition) is 5. The lowest BCUT2D eigenvalue weighted by Gasteiger charge is -2.21. The van der Waals surface area contributed by atoms with Crippen molar-refractivity contribution in [1.82, 2.24) is 9.97 Å². The highest BCUT2D eigenvalue weighted by atomic mass is 15.2. The van der Waals surface area contributed by atoms with Crippen molar-refractivity contribution in [3.8, 4) is 0 Å². The van der Waals surface area contributed by atoms with Gasteiger partial charge in [0.2, 0.25) is 0 Å². The molecule has 0 bridgehead atoms. The number of nitrogen functional groups attached to an aromatic ring is 1. The quantitative estimate of drug-likeness (QED) is 0.793. The summed E-state index contributed by atoms with van der Waals surface area (Å²) in [5.74, 6) is 1.52. The van der Waals surface area contributed by atoms with Gasteiger partial charge in [0.1, 0.15) is 12.0 Å². The largest absolute Gasteiger partial charge is 0.393 e. The number of nitrogens with zero attached hydrogens (tertiary/aromatic N) is 3. The summed E-state index contributed by atoms with van der Waals surface area (Å²) in [6, 6.07) is 0.306. The van der Waals surface area contributed by atoms with Crippen LogP contribution in [0.2, 0.25) is 0 Å². The fourth-order valence-electron chi connectivity index (χ4n) is 1.58. The first-order valence-corrected chi connectivity index (χ1v) is 6.14. The molecule has 5 nitrogen and oxygen atoms in total. The molecule has 0 aromatic carbocycles. The lowest BCUT2D eigenvalue weighted by molar-refractivity contribution is 0.759. The minimum atomic E-state index is 0.306. The molecule has 0 aliphatic rings. The van der Waals surface area contributed by atoms with Crippen LogP contribution in [0.15, 0.2) is 6.33 Å². The molecule has 0 saturated heterocycles. The third-order valence-electron chi connectivity index (χ3n) is 2.50. The Hall–Kier alpha value is -1.52. The van der Waals surface area contributed by atoms with Gasteiger partial charge in [0.05, 0.1) is 0 Å². The van der Waals surface area contributed by atoms with Crippen LogP contribution in [-0.4, -0.2) is 29.6 Å². The SMILES string of the molecule is CCCCN(C)c1ncnc(NC(C)C)c1N. The Morgan fingerprint density at radius 3 is 2.71 bits per heavy atom. The van der Waals surface area contributed by atoms with Gasteiger partial charge in [-0.15, -0.1) is 0 Å². The number of nitrogens with one attached hydrogen (secondary N) is 1. The minimum absolute atomic E-state index is 0.306. The summed E-state index contributed by atoms with van der Waals surface area (Å²) in [5.41, 5.74) is 6.70. The van der Waals surface area contributed by atoms with Crippen molar-refractivity contribution in [2.75, 3.05) is 29.5 Å². The topological polar surface area (TPSA) is 67.1 Å². The van der Waals surface area contributed by atoms with Crippen LogP contribution in [0.5, 0.6) is 0 Å². The highest BCUT2D eigenvalue weighted by molar-refractivity contribution is 5.74. The second-order valence-corrected chi connectivity index (χ2v) is 4.53. The molecule has 96 valence electrons. The molecule has 1 aromatic heterocycles. The molecule has 0 aliphatic carbocycles. The summed E-state index contributed by atoms with van der Waals surface area (Å²) in [4.78, 5) is 10.5. The third-order valence-corrected chi connectivity index (χ3v) is 2.50. The zero-order chi connectivity index (χ0) is 12.8. The lowest BCUT2D eigenvalue weighted by Crippen LogP contribution is -2.22. The Morgan fingerprint density at radius 1 is 1.41 bits per heavy atom. The molecule has 3 N–H and O–H groups in total. The summed E-state index contributed by atoms with van der Waals surface area (Å²) in [7, 11) is 2.01. The molecule has 0 amide bonds. The van der Waals surface area contributed by atoms with Crippen molar-refractivity contribution < 1.29 is 0 Å². The number of nitrogens with two attached hydrogens (primary N) is 1. The van der Waals surface area contributed by atoms with E-state index in [9.17, 15) is 0 Å². The lowest BCUT2D eigenvalue weighted by atomic mass is 10.3. The van der Waals surface area contributed by atoms with Crippen LogP contribution < -0.4 is 16.0 Å². The van der Waals surface area contributed by atoms with E-state index >= 15 is 0 Å². The molecule has 1 heterocycles. The third kappa shape index (κ3) is 3.76. The first-order valence-electron chi connectivity index (χ1n) is 6.14. The molecule has 0 spiro atoms. The van der Waals surface area contributed by atoms with Gasteiger partial charge in [-0.3, -0.25) is 0 Å². The Morgan fingerprint density at radius 2 is 2.12 bits per heavy atom. The molecule has 0 radical (unpaired) electrons. The predicted molar refractivity (Wildman–Crippen MR) is 73.4 cm³/mol. The molecule has 0 aliphatic heterocycles. The summed E-state index contributed by atoms with van der Waals surface area (Å²) in [5, 5.41) is 3.22. The van der Waals surface area contributed by atoms with E-state index in [0.717, 1.165) is 25.2 Å². The normalized spacial score (nSPS) is 10.6. The number of unbranched alkanes of at least 4 members (excludes halogenated alkanes) is 1. The highest BCUT2D eigenvalue weighted by Gasteiger charge is 2.11. The number of rotatable bonds is 6. The maximum Gasteiger partial charge on any atom is 0.157 e. The van der Waals surface area contributed by atoms with Crippen molar-refractivity contribution in [1.29, 1.82) is 0 Å². The van der Waals surface area contributed by atoms with E-state index in [0.29, 0.717) is 17.5 Å². The Kier molecular flexibility index (Phi) is 5.00. The maximum absolute atomic E-state index is 6.08. The second-order valence-electron chi connectivity index (χ2n) is 4.53. The molecule has 1 rings (SSSR count). The average molecular weight is 237 g/mol. The first kappa shape index (κ1) is 13.5. The van der Waals surface area contributed by atoms with Crippen LogP contribution in [0.25, 0.3) is 0 Å². The summed E-state index contributed by atoms with van der Waals surface area (Å²) in [6.07, 6.45) is 3.85. The van der Waals surface area contributed by atoms with Crippen LogP contribution in [0.3, 0.4) is 0 Å². The maximum atomic E-state index is 6.08. The Bertz CT molecular complexity index is 351. The first-order chi connectivity index (χ1) is 8.06. The van der Waals surface area contributed by atoms with Crippen molar-refractivity contribution in [3.05, 3.63) is 6.33 Å². The van der Waals surface area contributed by atoms with Gasteiger partial charge in [-0.05, 0) is 20.3 Å². The minimum Gasteiger partial charge on any atom is -0.393 e. The van der Waals surface area contributed by atoms with Crippen molar-refractivity contribution in [3.63, 3.8) is 0 Å². The van der Waals surface area contributed by atoms with Crippen LogP contribution >= 0.6 is 0 Å². The van der Waals surface area contributed by atoms with E-state index in [-0.39, 0.29) is 0 Å². The van der Waals surface area contributed by atoms with Crippen LogP contribution in [0.1, 0.15) is 33.6 Å². The summed E-state index contributed by atoms with van der Waals surface area (Å²) < 4.78 is 0. The number of aromatic nitrogens is 2. The fraction of sp³-hybridized carbons (Fsp3) is 0.667. The molecule has 0 saturated carbocycles. The molecule has 0 fully saturated rings. The van der Waals surface area contributed by atoms with Gasteiger partial charge in [-0.1, -0.05) is 13.3 Å². The Balaban J connectivity index is 2.85. The van der Waals surface area contributed by atoms with Crippen molar-refractivity contribution in [2.24, 2.45) is 0 Å². The molecule has 0 unspecified atom stereocenters. The van der Waals surface area contributed by atoms with Gasteiger partial charge in [0.15, 0.2) is 11.6 Å². The average Bonchev–Trinajstić information content (AvgIpc) is 2.28. The number of anilines is 3. The molecule has 0 atom stereocenters. The van der Waals surface area contributed by atoms with Crippen molar-refractivity contribution in [2.45, 2.75) is 39.7 Å². The van der Waals surface area contributed by atoms with Gasteiger partial charge in [0.25, 0.3) is 0 Å². The monoisotopic (exact) mass is 237 g/mol. The predicted octanol–water partition coefficient (Wildman–Crippen LogP) is 2.12. The standard InChI is InChI=1S/C12H23N5/c1-5-6-7-17(4)12-10(13)11(14-8-15-12)16-9(2)3/h8-9H,5-7,13H2,1-4H3,(H,14,15,16). The second kappa shape index (κ2) is 6.27.